The number of aliphatic carboxylic acids is 1. The molecule has 1 atom stereocenters. The maximum Gasteiger partial charge on any atom is 0.469 e. The van der Waals surface area contributed by atoms with E-state index in [-0.39, 0.29) is 18.4 Å². The lowest BCUT2D eigenvalue weighted by atomic mass is 10.1. The van der Waals surface area contributed by atoms with Crippen molar-refractivity contribution in [2.24, 2.45) is 0 Å². The fourth-order valence-electron chi connectivity index (χ4n) is 0.814. The van der Waals surface area contributed by atoms with E-state index in [1.54, 1.807) is 0 Å². The largest absolute Gasteiger partial charge is 0.478 e. The number of carbonyl (C=O) groups is 1. The van der Waals surface area contributed by atoms with Crippen LogP contribution in [0.2, 0.25) is 0 Å². The summed E-state index contributed by atoms with van der Waals surface area (Å²) in [6, 6.07) is 0. The van der Waals surface area contributed by atoms with E-state index >= 15 is 0 Å². The topological polar surface area (TPSA) is 124 Å². The SMILES string of the molecule is C=C(CCC(CO)OP(=O)(O)O)C(=O)O. The van der Waals surface area contributed by atoms with Gasteiger partial charge in [-0.3, -0.25) is 4.52 Å². The molecule has 0 aliphatic rings. The van der Waals surface area contributed by atoms with Crippen molar-refractivity contribution >= 4 is 13.8 Å². The predicted molar refractivity (Wildman–Crippen MR) is 50.0 cm³/mol. The molecule has 7 nitrogen and oxygen atoms in total. The first kappa shape index (κ1) is 14.3. The first-order valence-corrected chi connectivity index (χ1v) is 5.55. The minimum Gasteiger partial charge on any atom is -0.478 e. The molecule has 0 bridgehead atoms. The van der Waals surface area contributed by atoms with Crippen LogP contribution in [0.5, 0.6) is 0 Å². The molecule has 0 radical (unpaired) electrons. The summed E-state index contributed by atoms with van der Waals surface area (Å²) in [6.45, 7) is 2.63. The van der Waals surface area contributed by atoms with Gasteiger partial charge in [0.2, 0.25) is 0 Å². The molecule has 0 aromatic heterocycles. The van der Waals surface area contributed by atoms with Gasteiger partial charge in [0, 0.05) is 5.57 Å². The van der Waals surface area contributed by atoms with E-state index in [9.17, 15) is 9.36 Å². The normalized spacial score (nSPS) is 13.5. The van der Waals surface area contributed by atoms with Crippen molar-refractivity contribution < 1.29 is 33.9 Å². The molecule has 0 aliphatic heterocycles. The highest BCUT2D eigenvalue weighted by atomic mass is 31.2. The summed E-state index contributed by atoms with van der Waals surface area (Å²) >= 11 is 0. The van der Waals surface area contributed by atoms with Crippen LogP contribution < -0.4 is 0 Å². The van der Waals surface area contributed by atoms with Crippen molar-refractivity contribution in [3.8, 4) is 0 Å². The second kappa shape index (κ2) is 5.99. The van der Waals surface area contributed by atoms with Gasteiger partial charge in [0.25, 0.3) is 0 Å². The number of carboxylic acids is 1. The summed E-state index contributed by atoms with van der Waals surface area (Å²) in [6.07, 6.45) is -1.13. The molecular weight excluding hydrogens is 227 g/mol. The van der Waals surface area contributed by atoms with Crippen LogP contribution >= 0.6 is 7.82 Å². The van der Waals surface area contributed by atoms with Crippen molar-refractivity contribution in [2.75, 3.05) is 6.61 Å². The minimum atomic E-state index is -4.66. The van der Waals surface area contributed by atoms with E-state index in [1.807, 2.05) is 0 Å². The Labute approximate surface area is 86.2 Å². The third-order valence-electron chi connectivity index (χ3n) is 1.56. The van der Waals surface area contributed by atoms with E-state index in [1.165, 1.54) is 0 Å². The molecule has 0 saturated heterocycles. The number of rotatable bonds is 7. The van der Waals surface area contributed by atoms with Crippen molar-refractivity contribution in [3.63, 3.8) is 0 Å². The fraction of sp³-hybridized carbons (Fsp3) is 0.571. The molecule has 0 aliphatic carbocycles. The molecule has 0 saturated carbocycles. The Balaban J connectivity index is 4.07. The van der Waals surface area contributed by atoms with Crippen LogP contribution in [-0.2, 0) is 13.9 Å². The van der Waals surface area contributed by atoms with Crippen LogP contribution in [-0.4, -0.2) is 38.7 Å². The quantitative estimate of drug-likeness (QED) is 0.361. The van der Waals surface area contributed by atoms with E-state index in [0.29, 0.717) is 0 Å². The molecule has 0 amide bonds. The van der Waals surface area contributed by atoms with Crippen molar-refractivity contribution in [2.45, 2.75) is 18.9 Å². The van der Waals surface area contributed by atoms with Crippen LogP contribution in [0.25, 0.3) is 0 Å². The summed E-state index contributed by atoms with van der Waals surface area (Å²) in [5.74, 6) is -1.19. The van der Waals surface area contributed by atoms with Crippen LogP contribution in [0.15, 0.2) is 12.2 Å². The zero-order valence-electron chi connectivity index (χ0n) is 7.87. The summed E-state index contributed by atoms with van der Waals surface area (Å²) < 4.78 is 14.6. The highest BCUT2D eigenvalue weighted by molar-refractivity contribution is 7.46. The molecular formula is C7H13O7P. The Morgan fingerprint density at radius 3 is 2.33 bits per heavy atom. The van der Waals surface area contributed by atoms with Gasteiger partial charge in [-0.15, -0.1) is 0 Å². The maximum absolute atomic E-state index is 10.4. The van der Waals surface area contributed by atoms with Crippen LogP contribution in [0.1, 0.15) is 12.8 Å². The number of aliphatic hydroxyl groups excluding tert-OH is 1. The average Bonchev–Trinajstić information content (AvgIpc) is 2.09. The highest BCUT2D eigenvalue weighted by Crippen LogP contribution is 2.38. The van der Waals surface area contributed by atoms with Gasteiger partial charge in [-0.1, -0.05) is 6.58 Å². The Morgan fingerprint density at radius 2 is 2.00 bits per heavy atom. The van der Waals surface area contributed by atoms with Gasteiger partial charge < -0.3 is 20.0 Å². The Morgan fingerprint density at radius 1 is 1.47 bits per heavy atom. The summed E-state index contributed by atoms with van der Waals surface area (Å²) in [4.78, 5) is 27.2. The fourth-order valence-corrected chi connectivity index (χ4v) is 1.37. The molecule has 15 heavy (non-hydrogen) atoms. The molecule has 0 rings (SSSR count). The second-order valence-electron chi connectivity index (χ2n) is 2.85. The molecule has 4 N–H and O–H groups in total. The summed E-state index contributed by atoms with van der Waals surface area (Å²) in [5.41, 5.74) is -0.109. The number of hydrogen-bond donors (Lipinski definition) is 4. The van der Waals surface area contributed by atoms with E-state index < -0.39 is 26.5 Å². The smallest absolute Gasteiger partial charge is 0.469 e. The highest BCUT2D eigenvalue weighted by Gasteiger charge is 2.22. The molecule has 0 aromatic rings. The summed E-state index contributed by atoms with van der Waals surface area (Å²) in [5, 5.41) is 17.1. The van der Waals surface area contributed by atoms with Gasteiger partial charge in [0.15, 0.2) is 0 Å². The van der Waals surface area contributed by atoms with E-state index in [4.69, 9.17) is 20.0 Å². The molecule has 0 fully saturated rings. The van der Waals surface area contributed by atoms with Crippen molar-refractivity contribution in [3.05, 3.63) is 12.2 Å². The van der Waals surface area contributed by atoms with Gasteiger partial charge >= 0.3 is 13.8 Å². The zero-order valence-corrected chi connectivity index (χ0v) is 8.76. The summed E-state index contributed by atoms with van der Waals surface area (Å²) in [7, 11) is -4.66. The lowest BCUT2D eigenvalue weighted by Crippen LogP contribution is -2.17. The maximum atomic E-state index is 10.4. The molecule has 1 unspecified atom stereocenters. The van der Waals surface area contributed by atoms with Gasteiger partial charge in [-0.2, -0.15) is 0 Å². The van der Waals surface area contributed by atoms with Gasteiger partial charge in [-0.05, 0) is 12.8 Å². The van der Waals surface area contributed by atoms with Gasteiger partial charge in [0.05, 0.1) is 12.7 Å². The average molecular weight is 240 g/mol. The molecule has 0 spiro atoms. The van der Waals surface area contributed by atoms with Crippen LogP contribution in [0, 0.1) is 0 Å². The van der Waals surface area contributed by atoms with Crippen LogP contribution in [0.3, 0.4) is 0 Å². The Bertz CT molecular complexity index is 281. The minimum absolute atomic E-state index is 0.0133. The monoisotopic (exact) mass is 240 g/mol. The van der Waals surface area contributed by atoms with Crippen molar-refractivity contribution in [1.29, 1.82) is 0 Å². The van der Waals surface area contributed by atoms with E-state index in [2.05, 4.69) is 11.1 Å². The number of phosphoric acid groups is 1. The lowest BCUT2D eigenvalue weighted by molar-refractivity contribution is -0.132. The van der Waals surface area contributed by atoms with Crippen molar-refractivity contribution in [1.82, 2.24) is 0 Å². The zero-order chi connectivity index (χ0) is 12.1. The standard InChI is InChI=1S/C7H13O7P/c1-5(7(9)10)2-3-6(4-8)14-15(11,12)13/h6,8H,1-4H2,(H,9,10)(H2,11,12,13). The number of carboxylic acid groups (broad SMARTS) is 1. The Hall–Kier alpha value is -0.720. The first-order valence-electron chi connectivity index (χ1n) is 4.02. The third kappa shape index (κ3) is 7.24. The van der Waals surface area contributed by atoms with Crippen LogP contribution in [0.4, 0.5) is 0 Å². The molecule has 88 valence electrons. The molecule has 0 aromatic carbocycles. The molecule has 8 heteroatoms. The Kier molecular flexibility index (Phi) is 5.71. The number of hydrogen-bond acceptors (Lipinski definition) is 4. The first-order chi connectivity index (χ1) is 6.76. The number of aliphatic hydroxyl groups is 1. The second-order valence-corrected chi connectivity index (χ2v) is 4.04. The third-order valence-corrected chi connectivity index (χ3v) is 2.13. The van der Waals surface area contributed by atoms with Gasteiger partial charge in [-0.25, -0.2) is 9.36 Å². The lowest BCUT2D eigenvalue weighted by Gasteiger charge is -2.15. The van der Waals surface area contributed by atoms with Gasteiger partial charge in [0.1, 0.15) is 0 Å². The number of phosphoric ester groups is 1. The predicted octanol–water partition coefficient (Wildman–Crippen LogP) is -0.122. The molecule has 0 heterocycles. The van der Waals surface area contributed by atoms with E-state index in [0.717, 1.165) is 0 Å².